The number of aryl methyl sites for hydroxylation is 1. The summed E-state index contributed by atoms with van der Waals surface area (Å²) in [5.74, 6) is 0.667. The van der Waals surface area contributed by atoms with Crippen molar-refractivity contribution < 1.29 is 4.74 Å². The molecule has 1 aliphatic rings. The molecular weight excluding hydrogens is 276 g/mol. The minimum Gasteiger partial charge on any atom is -0.378 e. The number of alkyl halides is 1. The molecule has 1 saturated heterocycles. The summed E-state index contributed by atoms with van der Waals surface area (Å²) in [6, 6.07) is 8.80. The Balaban J connectivity index is 1.99. The fourth-order valence-corrected chi connectivity index (χ4v) is 3.69. The zero-order valence-electron chi connectivity index (χ0n) is 10.7. The molecule has 2 rings (SSSR count). The van der Waals surface area contributed by atoms with Crippen LogP contribution in [0, 0.1) is 12.8 Å². The number of rotatable bonds is 4. The Morgan fingerprint density at radius 1 is 1.47 bits per heavy atom. The summed E-state index contributed by atoms with van der Waals surface area (Å²) in [6.45, 7) is 5.30. The van der Waals surface area contributed by atoms with Gasteiger partial charge >= 0.3 is 0 Å². The molecule has 3 unspecified atom stereocenters. The lowest BCUT2D eigenvalue weighted by Gasteiger charge is -2.22. The van der Waals surface area contributed by atoms with E-state index in [1.165, 1.54) is 17.5 Å². The van der Waals surface area contributed by atoms with E-state index in [1.807, 2.05) is 0 Å². The molecule has 1 aromatic carbocycles. The Morgan fingerprint density at radius 2 is 2.29 bits per heavy atom. The number of hydrogen-bond acceptors (Lipinski definition) is 1. The molecule has 1 aliphatic heterocycles. The van der Waals surface area contributed by atoms with Crippen molar-refractivity contribution in [3.8, 4) is 0 Å². The van der Waals surface area contributed by atoms with Gasteiger partial charge < -0.3 is 4.74 Å². The van der Waals surface area contributed by atoms with E-state index in [2.05, 4.69) is 54.0 Å². The molecule has 0 aliphatic carbocycles. The smallest absolute Gasteiger partial charge is 0.0612 e. The number of ether oxygens (including phenoxy) is 1. The van der Waals surface area contributed by atoms with Gasteiger partial charge in [0.1, 0.15) is 0 Å². The summed E-state index contributed by atoms with van der Waals surface area (Å²) in [4.78, 5) is 0.539. The Morgan fingerprint density at radius 3 is 3.00 bits per heavy atom. The molecule has 94 valence electrons. The molecule has 0 aromatic heterocycles. The van der Waals surface area contributed by atoms with Gasteiger partial charge in [0.05, 0.1) is 6.10 Å². The van der Waals surface area contributed by atoms with Crippen LogP contribution in [0.4, 0.5) is 0 Å². The highest BCUT2D eigenvalue weighted by atomic mass is 79.9. The van der Waals surface area contributed by atoms with Crippen LogP contribution in [0.3, 0.4) is 0 Å². The van der Waals surface area contributed by atoms with Crippen molar-refractivity contribution in [3.63, 3.8) is 0 Å². The minimum atomic E-state index is 0.448. The maximum Gasteiger partial charge on any atom is 0.0612 e. The summed E-state index contributed by atoms with van der Waals surface area (Å²) in [6.07, 6.45) is 3.87. The van der Waals surface area contributed by atoms with Crippen LogP contribution in [0.1, 0.15) is 30.9 Å². The molecule has 2 heteroatoms. The fraction of sp³-hybridized carbons (Fsp3) is 0.600. The summed E-state index contributed by atoms with van der Waals surface area (Å²) in [5.41, 5.74) is 2.77. The van der Waals surface area contributed by atoms with Gasteiger partial charge in [0.2, 0.25) is 0 Å². The van der Waals surface area contributed by atoms with E-state index in [4.69, 9.17) is 4.74 Å². The molecule has 1 fully saturated rings. The van der Waals surface area contributed by atoms with Crippen molar-refractivity contribution >= 4 is 15.9 Å². The third-order valence-electron chi connectivity index (χ3n) is 3.64. The SMILES string of the molecule is CCC1OCCC1C(Br)Cc1cccc(C)c1. The Hall–Kier alpha value is -0.340. The highest BCUT2D eigenvalue weighted by molar-refractivity contribution is 9.09. The maximum absolute atomic E-state index is 5.77. The van der Waals surface area contributed by atoms with Crippen molar-refractivity contribution in [2.75, 3.05) is 6.61 Å². The first-order chi connectivity index (χ1) is 8.20. The Bertz CT molecular complexity index is 364. The van der Waals surface area contributed by atoms with Crippen molar-refractivity contribution in [2.45, 2.75) is 44.0 Å². The normalized spacial score (nSPS) is 26.1. The molecule has 0 bridgehead atoms. The van der Waals surface area contributed by atoms with E-state index < -0.39 is 0 Å². The minimum absolute atomic E-state index is 0.448. The molecule has 1 heterocycles. The highest BCUT2D eigenvalue weighted by Crippen LogP contribution is 2.32. The number of halogens is 1. The van der Waals surface area contributed by atoms with Gasteiger partial charge in [0, 0.05) is 17.4 Å². The van der Waals surface area contributed by atoms with Gasteiger partial charge in [-0.05, 0) is 31.7 Å². The molecule has 0 spiro atoms. The van der Waals surface area contributed by atoms with Crippen LogP contribution in [0.25, 0.3) is 0 Å². The van der Waals surface area contributed by atoms with Crippen LogP contribution in [-0.4, -0.2) is 17.5 Å². The largest absolute Gasteiger partial charge is 0.378 e. The number of hydrogen-bond donors (Lipinski definition) is 0. The highest BCUT2D eigenvalue weighted by Gasteiger charge is 2.32. The lowest BCUT2D eigenvalue weighted by atomic mass is 9.92. The average molecular weight is 297 g/mol. The summed E-state index contributed by atoms with van der Waals surface area (Å²) < 4.78 is 5.77. The molecule has 0 radical (unpaired) electrons. The Kier molecular flexibility index (Phi) is 4.63. The first-order valence-electron chi connectivity index (χ1n) is 6.52. The van der Waals surface area contributed by atoms with Crippen molar-refractivity contribution in [2.24, 2.45) is 5.92 Å². The maximum atomic E-state index is 5.77. The van der Waals surface area contributed by atoms with E-state index in [0.29, 0.717) is 16.8 Å². The van der Waals surface area contributed by atoms with Gasteiger partial charge in [-0.3, -0.25) is 0 Å². The predicted octanol–water partition coefficient (Wildman–Crippen LogP) is 4.12. The quantitative estimate of drug-likeness (QED) is 0.760. The van der Waals surface area contributed by atoms with Gasteiger partial charge in [0.25, 0.3) is 0 Å². The van der Waals surface area contributed by atoms with E-state index in [9.17, 15) is 0 Å². The monoisotopic (exact) mass is 296 g/mol. The topological polar surface area (TPSA) is 9.23 Å². The van der Waals surface area contributed by atoms with Gasteiger partial charge in [-0.1, -0.05) is 52.7 Å². The van der Waals surface area contributed by atoms with E-state index in [-0.39, 0.29) is 0 Å². The van der Waals surface area contributed by atoms with Gasteiger partial charge in [-0.2, -0.15) is 0 Å². The van der Waals surface area contributed by atoms with E-state index in [0.717, 1.165) is 19.4 Å². The average Bonchev–Trinajstić information content (AvgIpc) is 2.77. The predicted molar refractivity (Wildman–Crippen MR) is 75.7 cm³/mol. The fourth-order valence-electron chi connectivity index (χ4n) is 2.72. The summed E-state index contributed by atoms with van der Waals surface area (Å²) in [7, 11) is 0. The molecule has 3 atom stereocenters. The van der Waals surface area contributed by atoms with Gasteiger partial charge in [-0.25, -0.2) is 0 Å². The first-order valence-corrected chi connectivity index (χ1v) is 7.43. The zero-order valence-corrected chi connectivity index (χ0v) is 12.2. The summed E-state index contributed by atoms with van der Waals surface area (Å²) >= 11 is 3.87. The van der Waals surface area contributed by atoms with Crippen LogP contribution in [-0.2, 0) is 11.2 Å². The molecule has 0 saturated carbocycles. The third kappa shape index (κ3) is 3.32. The first kappa shape index (κ1) is 13.1. The second kappa shape index (κ2) is 6.01. The molecule has 0 amide bonds. The number of benzene rings is 1. The second-order valence-corrected chi connectivity index (χ2v) is 6.16. The molecule has 17 heavy (non-hydrogen) atoms. The van der Waals surface area contributed by atoms with E-state index >= 15 is 0 Å². The van der Waals surface area contributed by atoms with Crippen LogP contribution in [0.15, 0.2) is 24.3 Å². The van der Waals surface area contributed by atoms with Crippen molar-refractivity contribution in [3.05, 3.63) is 35.4 Å². The second-order valence-electron chi connectivity index (χ2n) is 4.98. The standard InChI is InChI=1S/C15H21BrO/c1-3-15-13(7-8-17-15)14(16)10-12-6-4-5-11(2)9-12/h4-6,9,13-15H,3,7-8,10H2,1-2H3. The lowest BCUT2D eigenvalue weighted by molar-refractivity contribution is 0.0873. The van der Waals surface area contributed by atoms with Gasteiger partial charge in [0.15, 0.2) is 0 Å². The van der Waals surface area contributed by atoms with Crippen LogP contribution < -0.4 is 0 Å². The van der Waals surface area contributed by atoms with Crippen molar-refractivity contribution in [1.82, 2.24) is 0 Å². The zero-order chi connectivity index (χ0) is 12.3. The summed E-state index contributed by atoms with van der Waals surface area (Å²) in [5, 5.41) is 0. The lowest BCUT2D eigenvalue weighted by Crippen LogP contribution is -2.25. The van der Waals surface area contributed by atoms with Crippen LogP contribution >= 0.6 is 15.9 Å². The van der Waals surface area contributed by atoms with Gasteiger partial charge in [-0.15, -0.1) is 0 Å². The third-order valence-corrected chi connectivity index (χ3v) is 4.64. The molecule has 1 nitrogen and oxygen atoms in total. The van der Waals surface area contributed by atoms with Crippen LogP contribution in [0.2, 0.25) is 0 Å². The van der Waals surface area contributed by atoms with Crippen molar-refractivity contribution in [1.29, 1.82) is 0 Å². The molecule has 0 N–H and O–H groups in total. The molecular formula is C15H21BrO. The van der Waals surface area contributed by atoms with E-state index in [1.54, 1.807) is 0 Å². The molecule has 1 aromatic rings. The van der Waals surface area contributed by atoms with Crippen LogP contribution in [0.5, 0.6) is 0 Å². The Labute approximate surface area is 113 Å².